The lowest BCUT2D eigenvalue weighted by molar-refractivity contribution is -0.130. The third-order valence-corrected chi connectivity index (χ3v) is 3.68. The van der Waals surface area contributed by atoms with Crippen molar-refractivity contribution in [3.05, 3.63) is 0 Å². The molecule has 0 atom stereocenters. The lowest BCUT2D eigenvalue weighted by Crippen LogP contribution is -2.40. The summed E-state index contributed by atoms with van der Waals surface area (Å²) < 4.78 is 0. The molecule has 6 heteroatoms. The molecule has 0 aliphatic carbocycles. The third-order valence-electron chi connectivity index (χ3n) is 3.68. The van der Waals surface area contributed by atoms with Crippen LogP contribution in [0.25, 0.3) is 0 Å². The fourth-order valence-electron chi connectivity index (χ4n) is 2.45. The number of carbonyl (C=O) groups excluding carboxylic acids is 1. The first kappa shape index (κ1) is 21.5. The number of likely N-dealkylation sites (tertiary alicyclic amines) is 1. The number of hydrogen-bond acceptors (Lipinski definition) is 2. The number of carbonyl (C=O) groups is 1. The van der Waals surface area contributed by atoms with Crippen LogP contribution in [-0.4, -0.2) is 49.5 Å². The van der Waals surface area contributed by atoms with Gasteiger partial charge in [0.2, 0.25) is 5.91 Å². The van der Waals surface area contributed by atoms with Crippen LogP contribution in [0.5, 0.6) is 0 Å². The zero-order valence-electron chi connectivity index (χ0n) is 14.4. The third kappa shape index (κ3) is 9.48. The second-order valence-corrected chi connectivity index (χ2v) is 6.10. The van der Waals surface area contributed by atoms with Crippen molar-refractivity contribution in [2.45, 2.75) is 52.9 Å². The van der Waals surface area contributed by atoms with E-state index in [1.807, 2.05) is 11.8 Å². The van der Waals surface area contributed by atoms with Gasteiger partial charge in [-0.3, -0.25) is 4.79 Å². The number of amides is 1. The minimum absolute atomic E-state index is 0. The van der Waals surface area contributed by atoms with Gasteiger partial charge in [0.05, 0.1) is 0 Å². The second kappa shape index (κ2) is 13.0. The molecule has 1 rings (SSSR count). The Morgan fingerprint density at radius 2 is 1.86 bits per heavy atom. The fraction of sp³-hybridized carbons (Fsp3) is 0.875. The smallest absolute Gasteiger partial charge is 0.244 e. The van der Waals surface area contributed by atoms with E-state index in [1.54, 1.807) is 0 Å². The summed E-state index contributed by atoms with van der Waals surface area (Å²) in [5, 5.41) is 6.50. The SMILES string of the molecule is CCNC(=NCC(=O)N1CCCCC1)NCCCC(C)C.I. The number of aliphatic imine (C=N–C) groups is 1. The molecule has 130 valence electrons. The second-order valence-electron chi connectivity index (χ2n) is 6.10. The van der Waals surface area contributed by atoms with Gasteiger partial charge in [-0.05, 0) is 44.9 Å². The predicted molar refractivity (Wildman–Crippen MR) is 104 cm³/mol. The van der Waals surface area contributed by atoms with Gasteiger partial charge >= 0.3 is 0 Å². The molecule has 0 aromatic heterocycles. The lowest BCUT2D eigenvalue weighted by atomic mass is 10.1. The minimum atomic E-state index is 0. The molecule has 0 radical (unpaired) electrons. The van der Waals surface area contributed by atoms with Crippen LogP contribution in [0.3, 0.4) is 0 Å². The van der Waals surface area contributed by atoms with Crippen molar-refractivity contribution < 1.29 is 4.79 Å². The molecule has 1 aliphatic rings. The molecule has 0 aromatic rings. The standard InChI is InChI=1S/C16H32N4O.HI/c1-4-17-16(18-10-8-9-14(2)3)19-13-15(21)20-11-6-5-7-12-20;/h14H,4-13H2,1-3H3,(H2,17,18,19);1H. The van der Waals surface area contributed by atoms with Crippen molar-refractivity contribution in [3.8, 4) is 0 Å². The van der Waals surface area contributed by atoms with Gasteiger partial charge in [-0.25, -0.2) is 4.99 Å². The van der Waals surface area contributed by atoms with Gasteiger partial charge in [0.1, 0.15) is 6.54 Å². The molecule has 1 saturated heterocycles. The van der Waals surface area contributed by atoms with E-state index < -0.39 is 0 Å². The van der Waals surface area contributed by atoms with E-state index in [0.717, 1.165) is 57.3 Å². The molecular formula is C16H33IN4O. The molecule has 0 unspecified atom stereocenters. The van der Waals surface area contributed by atoms with Gasteiger partial charge in [0.15, 0.2) is 5.96 Å². The number of nitrogens with one attached hydrogen (secondary N) is 2. The summed E-state index contributed by atoms with van der Waals surface area (Å²) in [4.78, 5) is 18.4. The molecule has 0 saturated carbocycles. The van der Waals surface area contributed by atoms with Crippen LogP contribution < -0.4 is 10.6 Å². The molecular weight excluding hydrogens is 391 g/mol. The number of halogens is 1. The zero-order chi connectivity index (χ0) is 15.5. The molecule has 0 bridgehead atoms. The molecule has 1 amide bonds. The Hall–Kier alpha value is -0.530. The molecule has 1 heterocycles. The Morgan fingerprint density at radius 1 is 1.18 bits per heavy atom. The first-order chi connectivity index (χ1) is 10.1. The van der Waals surface area contributed by atoms with Crippen molar-refractivity contribution in [2.75, 3.05) is 32.7 Å². The van der Waals surface area contributed by atoms with Crippen LogP contribution in [0.4, 0.5) is 0 Å². The van der Waals surface area contributed by atoms with Crippen LogP contribution in [0, 0.1) is 5.92 Å². The summed E-state index contributed by atoms with van der Waals surface area (Å²) in [5.41, 5.74) is 0. The van der Waals surface area contributed by atoms with Crippen LogP contribution in [-0.2, 0) is 4.79 Å². The maximum atomic E-state index is 12.1. The molecule has 5 nitrogen and oxygen atoms in total. The highest BCUT2D eigenvalue weighted by Gasteiger charge is 2.15. The van der Waals surface area contributed by atoms with Gasteiger partial charge in [-0.15, -0.1) is 24.0 Å². The number of guanidine groups is 1. The zero-order valence-corrected chi connectivity index (χ0v) is 16.7. The van der Waals surface area contributed by atoms with Crippen molar-refractivity contribution in [3.63, 3.8) is 0 Å². The minimum Gasteiger partial charge on any atom is -0.357 e. The highest BCUT2D eigenvalue weighted by atomic mass is 127. The lowest BCUT2D eigenvalue weighted by Gasteiger charge is -2.26. The summed E-state index contributed by atoms with van der Waals surface area (Å²) in [6.45, 7) is 10.3. The Kier molecular flexibility index (Phi) is 12.6. The van der Waals surface area contributed by atoms with E-state index in [2.05, 4.69) is 29.5 Å². The largest absolute Gasteiger partial charge is 0.357 e. The summed E-state index contributed by atoms with van der Waals surface area (Å²) in [6, 6.07) is 0. The number of piperidine rings is 1. The van der Waals surface area contributed by atoms with E-state index in [-0.39, 0.29) is 36.4 Å². The van der Waals surface area contributed by atoms with Crippen LogP contribution in [0.1, 0.15) is 52.9 Å². The first-order valence-electron chi connectivity index (χ1n) is 8.43. The Bertz CT molecular complexity index is 328. The predicted octanol–water partition coefficient (Wildman–Crippen LogP) is 2.61. The van der Waals surface area contributed by atoms with E-state index >= 15 is 0 Å². The van der Waals surface area contributed by atoms with Gasteiger partial charge in [0.25, 0.3) is 0 Å². The maximum absolute atomic E-state index is 12.1. The molecule has 1 fully saturated rings. The highest BCUT2D eigenvalue weighted by Crippen LogP contribution is 2.08. The number of rotatable bonds is 7. The van der Waals surface area contributed by atoms with Crippen LogP contribution in [0.15, 0.2) is 4.99 Å². The van der Waals surface area contributed by atoms with Gasteiger partial charge in [0, 0.05) is 26.2 Å². The Balaban J connectivity index is 0.00000441. The monoisotopic (exact) mass is 424 g/mol. The Labute approximate surface area is 152 Å². The van der Waals surface area contributed by atoms with Crippen molar-refractivity contribution in [1.29, 1.82) is 0 Å². The van der Waals surface area contributed by atoms with E-state index in [0.29, 0.717) is 0 Å². The van der Waals surface area contributed by atoms with Gasteiger partial charge < -0.3 is 15.5 Å². The summed E-state index contributed by atoms with van der Waals surface area (Å²) in [6.07, 6.45) is 5.83. The van der Waals surface area contributed by atoms with Crippen molar-refractivity contribution in [2.24, 2.45) is 10.9 Å². The van der Waals surface area contributed by atoms with Gasteiger partial charge in [-0.1, -0.05) is 13.8 Å². The average Bonchev–Trinajstić information content (AvgIpc) is 2.49. The molecule has 1 aliphatic heterocycles. The summed E-state index contributed by atoms with van der Waals surface area (Å²) >= 11 is 0. The number of hydrogen-bond donors (Lipinski definition) is 2. The van der Waals surface area contributed by atoms with Crippen molar-refractivity contribution in [1.82, 2.24) is 15.5 Å². The summed E-state index contributed by atoms with van der Waals surface area (Å²) in [5.74, 6) is 1.63. The first-order valence-corrected chi connectivity index (χ1v) is 8.43. The molecule has 0 spiro atoms. The fourth-order valence-corrected chi connectivity index (χ4v) is 2.45. The highest BCUT2D eigenvalue weighted by molar-refractivity contribution is 14.0. The Morgan fingerprint density at radius 3 is 2.45 bits per heavy atom. The van der Waals surface area contributed by atoms with E-state index in [9.17, 15) is 4.79 Å². The van der Waals surface area contributed by atoms with Crippen LogP contribution in [0.2, 0.25) is 0 Å². The van der Waals surface area contributed by atoms with Crippen LogP contribution >= 0.6 is 24.0 Å². The van der Waals surface area contributed by atoms with E-state index in [4.69, 9.17) is 0 Å². The van der Waals surface area contributed by atoms with E-state index in [1.165, 1.54) is 12.8 Å². The average molecular weight is 424 g/mol. The maximum Gasteiger partial charge on any atom is 0.244 e. The molecule has 2 N–H and O–H groups in total. The molecule has 0 aromatic carbocycles. The summed E-state index contributed by atoms with van der Waals surface area (Å²) in [7, 11) is 0. The topological polar surface area (TPSA) is 56.7 Å². The quantitative estimate of drug-likeness (QED) is 0.286. The van der Waals surface area contributed by atoms with Gasteiger partial charge in [-0.2, -0.15) is 0 Å². The number of nitrogens with zero attached hydrogens (tertiary/aromatic N) is 2. The van der Waals surface area contributed by atoms with Crippen molar-refractivity contribution >= 4 is 35.8 Å². The molecule has 22 heavy (non-hydrogen) atoms. The normalized spacial score (nSPS) is 15.5.